The highest BCUT2D eigenvalue weighted by Gasteiger charge is 2.09. The van der Waals surface area contributed by atoms with E-state index in [0.29, 0.717) is 23.7 Å². The average Bonchev–Trinajstić information content (AvgIpc) is 2.61. The van der Waals surface area contributed by atoms with Crippen LogP contribution in [0.4, 0.5) is 0 Å². The molecule has 130 valence electrons. The molecule has 3 aromatic rings. The number of rotatable bonds is 4. The van der Waals surface area contributed by atoms with Gasteiger partial charge < -0.3 is 4.74 Å². The van der Waals surface area contributed by atoms with E-state index in [1.54, 1.807) is 30.3 Å². The fraction of sp³-hybridized carbons (Fsp3) is 0.190. The predicted molar refractivity (Wildman–Crippen MR) is 99.5 cm³/mol. The standard InChI is InChI=1S/C21H19N3O2/c1-14-10-15(2)19(16(3)11-14)13-24-21(25)9-8-20(23-24)26-18-6-4-17(12-22)5-7-18/h4-11H,13H2,1-3H3. The molecule has 3 rings (SSSR count). The Balaban J connectivity index is 1.88. The molecule has 0 unspecified atom stereocenters. The highest BCUT2D eigenvalue weighted by Crippen LogP contribution is 2.20. The lowest BCUT2D eigenvalue weighted by Crippen LogP contribution is -2.23. The third kappa shape index (κ3) is 3.81. The van der Waals surface area contributed by atoms with Crippen molar-refractivity contribution in [2.75, 3.05) is 0 Å². The third-order valence-electron chi connectivity index (χ3n) is 4.20. The SMILES string of the molecule is Cc1cc(C)c(Cn2nc(Oc3ccc(C#N)cc3)ccc2=O)c(C)c1. The minimum Gasteiger partial charge on any atom is -0.438 e. The molecule has 0 saturated heterocycles. The molecule has 0 aliphatic carbocycles. The van der Waals surface area contributed by atoms with Gasteiger partial charge in [0.25, 0.3) is 5.56 Å². The van der Waals surface area contributed by atoms with Crippen LogP contribution in [0.2, 0.25) is 0 Å². The Morgan fingerprint density at radius 1 is 1.04 bits per heavy atom. The van der Waals surface area contributed by atoms with Gasteiger partial charge in [0.2, 0.25) is 5.88 Å². The lowest BCUT2D eigenvalue weighted by Gasteiger charge is -2.13. The van der Waals surface area contributed by atoms with Gasteiger partial charge in [-0.25, -0.2) is 4.68 Å². The van der Waals surface area contributed by atoms with Gasteiger partial charge in [-0.15, -0.1) is 5.10 Å². The Kier molecular flexibility index (Phi) is 4.85. The van der Waals surface area contributed by atoms with E-state index in [1.807, 2.05) is 13.8 Å². The van der Waals surface area contributed by atoms with Gasteiger partial charge >= 0.3 is 0 Å². The molecule has 0 N–H and O–H groups in total. The van der Waals surface area contributed by atoms with Crippen LogP contribution < -0.4 is 10.3 Å². The van der Waals surface area contributed by atoms with E-state index in [4.69, 9.17) is 10.00 Å². The van der Waals surface area contributed by atoms with Crippen molar-refractivity contribution in [3.05, 3.63) is 86.7 Å². The second-order valence-corrected chi connectivity index (χ2v) is 6.28. The minimum atomic E-state index is -0.184. The molecule has 1 heterocycles. The monoisotopic (exact) mass is 345 g/mol. The second-order valence-electron chi connectivity index (χ2n) is 6.28. The first-order chi connectivity index (χ1) is 12.5. The van der Waals surface area contributed by atoms with Crippen LogP contribution in [0.1, 0.15) is 27.8 Å². The van der Waals surface area contributed by atoms with Crippen LogP contribution in [-0.4, -0.2) is 9.78 Å². The Bertz CT molecular complexity index is 1020. The van der Waals surface area contributed by atoms with Crippen LogP contribution in [0.5, 0.6) is 11.6 Å². The Morgan fingerprint density at radius 3 is 2.31 bits per heavy atom. The normalized spacial score (nSPS) is 10.4. The van der Waals surface area contributed by atoms with E-state index < -0.39 is 0 Å². The van der Waals surface area contributed by atoms with Crippen molar-refractivity contribution in [3.63, 3.8) is 0 Å². The molecule has 5 heteroatoms. The lowest BCUT2D eigenvalue weighted by molar-refractivity contribution is 0.434. The summed E-state index contributed by atoms with van der Waals surface area (Å²) in [4.78, 5) is 12.2. The molecule has 0 atom stereocenters. The number of hydrogen-bond acceptors (Lipinski definition) is 4. The van der Waals surface area contributed by atoms with Crippen LogP contribution in [-0.2, 0) is 6.54 Å². The Morgan fingerprint density at radius 2 is 1.69 bits per heavy atom. The Hall–Kier alpha value is -3.39. The topological polar surface area (TPSA) is 67.9 Å². The van der Waals surface area contributed by atoms with Gasteiger partial charge in [-0.05, 0) is 61.7 Å². The van der Waals surface area contributed by atoms with Crippen molar-refractivity contribution in [1.29, 1.82) is 5.26 Å². The molecule has 0 saturated carbocycles. The number of aromatic nitrogens is 2. The lowest BCUT2D eigenvalue weighted by atomic mass is 10.00. The molecule has 5 nitrogen and oxygen atoms in total. The fourth-order valence-electron chi connectivity index (χ4n) is 2.93. The van der Waals surface area contributed by atoms with Crippen LogP contribution in [0.25, 0.3) is 0 Å². The first-order valence-electron chi connectivity index (χ1n) is 8.29. The number of hydrogen-bond donors (Lipinski definition) is 0. The highest BCUT2D eigenvalue weighted by molar-refractivity contribution is 5.38. The van der Waals surface area contributed by atoms with Crippen LogP contribution in [0.3, 0.4) is 0 Å². The zero-order chi connectivity index (χ0) is 18.7. The average molecular weight is 345 g/mol. The van der Waals surface area contributed by atoms with Crippen molar-refractivity contribution < 1.29 is 4.74 Å². The quantitative estimate of drug-likeness (QED) is 0.719. The first-order valence-corrected chi connectivity index (χ1v) is 8.29. The van der Waals surface area contributed by atoms with Gasteiger partial charge in [-0.3, -0.25) is 4.79 Å². The molecule has 0 bridgehead atoms. The summed E-state index contributed by atoms with van der Waals surface area (Å²) in [6, 6.07) is 16.0. The van der Waals surface area contributed by atoms with Crippen LogP contribution >= 0.6 is 0 Å². The smallest absolute Gasteiger partial charge is 0.267 e. The number of aryl methyl sites for hydroxylation is 3. The largest absolute Gasteiger partial charge is 0.438 e. The number of nitrogens with zero attached hydrogens (tertiary/aromatic N) is 3. The number of ether oxygens (including phenoxy) is 1. The summed E-state index contributed by atoms with van der Waals surface area (Å²) in [6.07, 6.45) is 0. The first kappa shape index (κ1) is 17.4. The molecule has 26 heavy (non-hydrogen) atoms. The number of benzene rings is 2. The molecule has 0 aliphatic rings. The van der Waals surface area contributed by atoms with E-state index in [2.05, 4.69) is 30.2 Å². The maximum atomic E-state index is 12.2. The van der Waals surface area contributed by atoms with E-state index in [9.17, 15) is 4.79 Å². The molecule has 0 fully saturated rings. The van der Waals surface area contributed by atoms with Crippen LogP contribution in [0.15, 0.2) is 53.3 Å². The molecular weight excluding hydrogens is 326 g/mol. The van der Waals surface area contributed by atoms with Crippen molar-refractivity contribution in [1.82, 2.24) is 9.78 Å². The van der Waals surface area contributed by atoms with Crippen molar-refractivity contribution in [2.24, 2.45) is 0 Å². The second kappa shape index (κ2) is 7.24. The summed E-state index contributed by atoms with van der Waals surface area (Å²) in [7, 11) is 0. The van der Waals surface area contributed by atoms with Crippen LogP contribution in [0, 0.1) is 32.1 Å². The van der Waals surface area contributed by atoms with Crippen molar-refractivity contribution in [2.45, 2.75) is 27.3 Å². The molecular formula is C21H19N3O2. The summed E-state index contributed by atoms with van der Waals surface area (Å²) < 4.78 is 7.12. The summed E-state index contributed by atoms with van der Waals surface area (Å²) in [6.45, 7) is 6.52. The zero-order valence-corrected chi connectivity index (χ0v) is 15.0. The van der Waals surface area contributed by atoms with E-state index in [-0.39, 0.29) is 5.56 Å². The molecule has 1 aromatic heterocycles. The summed E-state index contributed by atoms with van der Waals surface area (Å²) >= 11 is 0. The summed E-state index contributed by atoms with van der Waals surface area (Å²) in [5.41, 5.74) is 4.92. The Labute approximate surface area is 152 Å². The molecule has 0 aliphatic heterocycles. The maximum absolute atomic E-state index is 12.2. The minimum absolute atomic E-state index is 0.184. The van der Waals surface area contributed by atoms with Gasteiger partial charge in [-0.2, -0.15) is 5.26 Å². The molecule has 0 spiro atoms. The van der Waals surface area contributed by atoms with Crippen molar-refractivity contribution in [3.8, 4) is 17.7 Å². The van der Waals surface area contributed by atoms with E-state index in [1.165, 1.54) is 16.3 Å². The van der Waals surface area contributed by atoms with E-state index >= 15 is 0 Å². The molecule has 2 aromatic carbocycles. The molecule has 0 amide bonds. The molecule has 0 radical (unpaired) electrons. The van der Waals surface area contributed by atoms with Gasteiger partial charge in [-0.1, -0.05) is 17.7 Å². The van der Waals surface area contributed by atoms with Gasteiger partial charge in [0.05, 0.1) is 18.2 Å². The maximum Gasteiger partial charge on any atom is 0.267 e. The van der Waals surface area contributed by atoms with Gasteiger partial charge in [0, 0.05) is 12.1 Å². The summed E-state index contributed by atoms with van der Waals surface area (Å²) in [5, 5.41) is 13.2. The third-order valence-corrected chi connectivity index (χ3v) is 4.20. The number of nitriles is 1. The zero-order valence-electron chi connectivity index (χ0n) is 15.0. The van der Waals surface area contributed by atoms with Crippen molar-refractivity contribution >= 4 is 0 Å². The summed E-state index contributed by atoms with van der Waals surface area (Å²) in [5.74, 6) is 0.890. The fourth-order valence-corrected chi connectivity index (χ4v) is 2.93. The highest BCUT2D eigenvalue weighted by atomic mass is 16.5. The predicted octanol–water partition coefficient (Wildman–Crippen LogP) is 3.88. The van der Waals surface area contributed by atoms with Gasteiger partial charge in [0.1, 0.15) is 5.75 Å². The van der Waals surface area contributed by atoms with E-state index in [0.717, 1.165) is 16.7 Å². The van der Waals surface area contributed by atoms with Gasteiger partial charge in [0.15, 0.2) is 0 Å².